The van der Waals surface area contributed by atoms with Crippen LogP contribution in [0.1, 0.15) is 5.76 Å². The molecule has 0 spiro atoms. The van der Waals surface area contributed by atoms with Gasteiger partial charge in [0.15, 0.2) is 11.5 Å². The molecule has 0 saturated carbocycles. The van der Waals surface area contributed by atoms with Gasteiger partial charge in [0.1, 0.15) is 23.9 Å². The zero-order chi connectivity index (χ0) is 13.9. The molecule has 0 unspecified atom stereocenters. The fraction of sp³-hybridized carbons (Fsp3) is 0.231. The minimum Gasteiger partial charge on any atom is -0.486 e. The quantitative estimate of drug-likeness (QED) is 0.682. The highest BCUT2D eigenvalue weighted by Gasteiger charge is 2.13. The number of furan rings is 1. The van der Waals surface area contributed by atoms with Gasteiger partial charge in [-0.05, 0) is 18.2 Å². The molecule has 20 heavy (non-hydrogen) atoms. The second-order valence-corrected chi connectivity index (χ2v) is 4.21. The fourth-order valence-corrected chi connectivity index (χ4v) is 1.90. The van der Waals surface area contributed by atoms with Gasteiger partial charge in [-0.3, -0.25) is 10.1 Å². The van der Waals surface area contributed by atoms with Crippen LogP contribution in [0.3, 0.4) is 0 Å². The topological polar surface area (TPSA) is 86.8 Å². The van der Waals surface area contributed by atoms with Gasteiger partial charge in [-0.25, -0.2) is 0 Å². The summed E-state index contributed by atoms with van der Waals surface area (Å²) in [6.07, 6.45) is 0. The van der Waals surface area contributed by atoms with Gasteiger partial charge in [-0.2, -0.15) is 0 Å². The molecule has 0 amide bonds. The number of ether oxygens (including phenoxy) is 2. The summed E-state index contributed by atoms with van der Waals surface area (Å²) in [5.41, 5.74) is 0.827. The average molecular weight is 276 g/mol. The van der Waals surface area contributed by atoms with Gasteiger partial charge in [0.05, 0.1) is 12.6 Å². The number of nitrogens with zero attached hydrogens (tertiary/aromatic N) is 1. The Hall–Kier alpha value is -2.70. The fourth-order valence-electron chi connectivity index (χ4n) is 1.90. The first-order valence-corrected chi connectivity index (χ1v) is 6.09. The van der Waals surface area contributed by atoms with E-state index >= 15 is 0 Å². The van der Waals surface area contributed by atoms with E-state index in [0.717, 1.165) is 11.4 Å². The molecule has 7 heteroatoms. The first-order chi connectivity index (χ1) is 9.72. The van der Waals surface area contributed by atoms with E-state index in [1.165, 1.54) is 6.07 Å². The minimum atomic E-state index is -0.562. The lowest BCUT2D eigenvalue weighted by Gasteiger charge is -2.19. The van der Waals surface area contributed by atoms with Crippen LogP contribution >= 0.6 is 0 Å². The SMILES string of the molecule is O=[N+]([O-])c1ccc(CNc2ccc3c(c2)OCCO3)o1. The molecule has 3 rings (SSSR count). The summed E-state index contributed by atoms with van der Waals surface area (Å²) in [5, 5.41) is 13.6. The van der Waals surface area contributed by atoms with Crippen molar-refractivity contribution in [3.05, 3.63) is 46.2 Å². The summed E-state index contributed by atoms with van der Waals surface area (Å²) in [6, 6.07) is 8.40. The summed E-state index contributed by atoms with van der Waals surface area (Å²) in [7, 11) is 0. The van der Waals surface area contributed by atoms with Crippen LogP contribution in [0.15, 0.2) is 34.7 Å². The van der Waals surface area contributed by atoms with E-state index in [2.05, 4.69) is 5.32 Å². The van der Waals surface area contributed by atoms with Crippen molar-refractivity contribution in [3.63, 3.8) is 0 Å². The standard InChI is InChI=1S/C13H12N2O5/c16-15(17)13-4-2-10(20-13)8-14-9-1-3-11-12(7-9)19-6-5-18-11/h1-4,7,14H,5-6,8H2. The number of benzene rings is 1. The molecular formula is C13H12N2O5. The maximum Gasteiger partial charge on any atom is 0.433 e. The Morgan fingerprint density at radius 2 is 1.95 bits per heavy atom. The van der Waals surface area contributed by atoms with Crippen LogP contribution in [0.4, 0.5) is 11.6 Å². The average Bonchev–Trinajstić information content (AvgIpc) is 2.94. The van der Waals surface area contributed by atoms with E-state index in [0.29, 0.717) is 31.3 Å². The molecule has 1 aliphatic rings. The number of hydrogen-bond donors (Lipinski definition) is 1. The Morgan fingerprint density at radius 3 is 2.70 bits per heavy atom. The number of fused-ring (bicyclic) bond motifs is 1. The van der Waals surface area contributed by atoms with Crippen molar-refractivity contribution in [1.82, 2.24) is 0 Å². The number of nitrogens with one attached hydrogen (secondary N) is 1. The summed E-state index contributed by atoms with van der Waals surface area (Å²) in [4.78, 5) is 9.95. The molecule has 0 atom stereocenters. The summed E-state index contributed by atoms with van der Waals surface area (Å²) < 4.78 is 16.0. The maximum atomic E-state index is 10.5. The van der Waals surface area contributed by atoms with Crippen molar-refractivity contribution in [1.29, 1.82) is 0 Å². The Morgan fingerprint density at radius 1 is 1.15 bits per heavy atom. The van der Waals surface area contributed by atoms with Gasteiger partial charge in [0.25, 0.3) is 0 Å². The van der Waals surface area contributed by atoms with Gasteiger partial charge < -0.3 is 19.2 Å². The predicted octanol–water partition coefficient (Wildman–Crippen LogP) is 2.57. The molecule has 104 valence electrons. The third kappa shape index (κ3) is 2.51. The minimum absolute atomic E-state index is 0.260. The highest BCUT2D eigenvalue weighted by molar-refractivity contribution is 5.55. The summed E-state index contributed by atoms with van der Waals surface area (Å²) in [5.74, 6) is 1.64. The molecule has 0 fully saturated rings. The normalized spacial score (nSPS) is 13.0. The van der Waals surface area contributed by atoms with Gasteiger partial charge in [0.2, 0.25) is 0 Å². The van der Waals surface area contributed by atoms with Gasteiger partial charge in [-0.15, -0.1) is 0 Å². The molecule has 1 aliphatic heterocycles. The van der Waals surface area contributed by atoms with Gasteiger partial charge in [0, 0.05) is 11.8 Å². The molecule has 0 bridgehead atoms. The van der Waals surface area contributed by atoms with E-state index in [4.69, 9.17) is 13.9 Å². The zero-order valence-electron chi connectivity index (χ0n) is 10.5. The van der Waals surface area contributed by atoms with Crippen molar-refractivity contribution < 1.29 is 18.8 Å². The van der Waals surface area contributed by atoms with E-state index in [1.807, 2.05) is 18.2 Å². The second kappa shape index (κ2) is 5.12. The Bertz CT molecular complexity index is 637. The van der Waals surface area contributed by atoms with Gasteiger partial charge >= 0.3 is 5.88 Å². The molecule has 2 heterocycles. The maximum absolute atomic E-state index is 10.5. The smallest absolute Gasteiger partial charge is 0.433 e. The molecular weight excluding hydrogens is 264 g/mol. The van der Waals surface area contributed by atoms with Gasteiger partial charge in [-0.1, -0.05) is 0 Å². The monoisotopic (exact) mass is 276 g/mol. The zero-order valence-corrected chi connectivity index (χ0v) is 10.5. The lowest BCUT2D eigenvalue weighted by atomic mass is 10.2. The highest BCUT2D eigenvalue weighted by Crippen LogP contribution is 2.32. The van der Waals surface area contributed by atoms with Crippen LogP contribution in [0, 0.1) is 10.1 Å². The highest BCUT2D eigenvalue weighted by atomic mass is 16.6. The summed E-state index contributed by atoms with van der Waals surface area (Å²) in [6.45, 7) is 1.43. The number of rotatable bonds is 4. The van der Waals surface area contributed by atoms with Crippen molar-refractivity contribution in [2.75, 3.05) is 18.5 Å². The third-order valence-electron chi connectivity index (χ3n) is 2.84. The lowest BCUT2D eigenvalue weighted by Crippen LogP contribution is -2.15. The van der Waals surface area contributed by atoms with Crippen LogP contribution < -0.4 is 14.8 Å². The molecule has 2 aromatic rings. The largest absolute Gasteiger partial charge is 0.486 e. The van der Waals surface area contributed by atoms with E-state index in [1.54, 1.807) is 6.07 Å². The van der Waals surface area contributed by atoms with E-state index in [9.17, 15) is 10.1 Å². The predicted molar refractivity (Wildman–Crippen MR) is 70.1 cm³/mol. The Labute approximate surface area is 114 Å². The lowest BCUT2D eigenvalue weighted by molar-refractivity contribution is -0.402. The van der Waals surface area contributed by atoms with E-state index < -0.39 is 4.92 Å². The van der Waals surface area contributed by atoms with E-state index in [-0.39, 0.29) is 5.88 Å². The Kier molecular flexibility index (Phi) is 3.16. The number of nitro groups is 1. The van der Waals surface area contributed by atoms with Crippen LogP contribution in [-0.4, -0.2) is 18.1 Å². The van der Waals surface area contributed by atoms with Crippen LogP contribution in [0.2, 0.25) is 0 Å². The van der Waals surface area contributed by atoms with Crippen molar-refractivity contribution in [2.24, 2.45) is 0 Å². The van der Waals surface area contributed by atoms with Crippen molar-refractivity contribution in [2.45, 2.75) is 6.54 Å². The molecule has 1 N–H and O–H groups in total. The molecule has 0 saturated heterocycles. The molecule has 0 radical (unpaired) electrons. The molecule has 1 aromatic heterocycles. The van der Waals surface area contributed by atoms with Crippen LogP contribution in [0.25, 0.3) is 0 Å². The number of hydrogen-bond acceptors (Lipinski definition) is 6. The first-order valence-electron chi connectivity index (χ1n) is 6.09. The summed E-state index contributed by atoms with van der Waals surface area (Å²) >= 11 is 0. The van der Waals surface area contributed by atoms with Crippen molar-refractivity contribution >= 4 is 11.6 Å². The third-order valence-corrected chi connectivity index (χ3v) is 2.84. The molecule has 0 aliphatic carbocycles. The molecule has 7 nitrogen and oxygen atoms in total. The molecule has 1 aromatic carbocycles. The number of anilines is 1. The second-order valence-electron chi connectivity index (χ2n) is 4.21. The van der Waals surface area contributed by atoms with Crippen LogP contribution in [-0.2, 0) is 6.54 Å². The Balaban J connectivity index is 1.67. The van der Waals surface area contributed by atoms with Crippen LogP contribution in [0.5, 0.6) is 11.5 Å². The van der Waals surface area contributed by atoms with Crippen molar-refractivity contribution in [3.8, 4) is 11.5 Å². The first kappa shape index (κ1) is 12.3.